The van der Waals surface area contributed by atoms with Crippen LogP contribution in [0.3, 0.4) is 0 Å². The number of carbonyl (C=O) groups is 1. The van der Waals surface area contributed by atoms with Crippen LogP contribution in [0, 0.1) is 5.41 Å². The SMILES string of the molecule is CC(C)(C)CC(O)CNC(=O)CCOC1CCNCC1. The molecule has 0 aliphatic carbocycles. The standard InChI is InChI=1S/C15H30N2O3/c1-15(2,3)10-12(18)11-17-14(19)6-9-20-13-4-7-16-8-5-13/h12-13,16,18H,4-11H2,1-3H3,(H,17,19). The summed E-state index contributed by atoms with van der Waals surface area (Å²) in [5.41, 5.74) is 0.0717. The van der Waals surface area contributed by atoms with Gasteiger partial charge in [0.05, 0.1) is 18.8 Å². The fourth-order valence-corrected chi connectivity index (χ4v) is 2.38. The second-order valence-corrected chi connectivity index (χ2v) is 6.79. The van der Waals surface area contributed by atoms with Crippen LogP contribution < -0.4 is 10.6 Å². The Kier molecular flexibility index (Phi) is 7.48. The zero-order valence-corrected chi connectivity index (χ0v) is 13.1. The lowest BCUT2D eigenvalue weighted by atomic mass is 9.89. The van der Waals surface area contributed by atoms with Gasteiger partial charge in [0.25, 0.3) is 0 Å². The predicted octanol–water partition coefficient (Wildman–Crippen LogP) is 1.06. The Labute approximate surface area is 122 Å². The third kappa shape index (κ3) is 8.51. The van der Waals surface area contributed by atoms with Crippen LogP contribution >= 0.6 is 0 Å². The van der Waals surface area contributed by atoms with E-state index < -0.39 is 6.10 Å². The predicted molar refractivity (Wildman–Crippen MR) is 79.5 cm³/mol. The molecule has 5 heteroatoms. The summed E-state index contributed by atoms with van der Waals surface area (Å²) < 4.78 is 5.68. The summed E-state index contributed by atoms with van der Waals surface area (Å²) in [6.07, 6.45) is 2.89. The van der Waals surface area contributed by atoms with Crippen LogP contribution in [-0.2, 0) is 9.53 Å². The van der Waals surface area contributed by atoms with Gasteiger partial charge in [-0.15, -0.1) is 0 Å². The topological polar surface area (TPSA) is 70.6 Å². The Morgan fingerprint density at radius 2 is 2.05 bits per heavy atom. The molecule has 1 fully saturated rings. The molecular weight excluding hydrogens is 256 g/mol. The zero-order valence-electron chi connectivity index (χ0n) is 13.1. The van der Waals surface area contributed by atoms with E-state index in [0.717, 1.165) is 25.9 Å². The lowest BCUT2D eigenvalue weighted by Gasteiger charge is -2.23. The molecule has 1 saturated heterocycles. The Hall–Kier alpha value is -0.650. The smallest absolute Gasteiger partial charge is 0.222 e. The number of hydrogen-bond donors (Lipinski definition) is 3. The third-order valence-corrected chi connectivity index (χ3v) is 3.35. The van der Waals surface area contributed by atoms with Gasteiger partial charge < -0.3 is 20.5 Å². The molecule has 0 aromatic carbocycles. The van der Waals surface area contributed by atoms with Gasteiger partial charge in [-0.2, -0.15) is 0 Å². The first-order valence-electron chi connectivity index (χ1n) is 7.64. The van der Waals surface area contributed by atoms with E-state index in [4.69, 9.17) is 4.74 Å². The number of aliphatic hydroxyl groups excluding tert-OH is 1. The van der Waals surface area contributed by atoms with Gasteiger partial charge in [0.1, 0.15) is 0 Å². The van der Waals surface area contributed by atoms with E-state index in [1.807, 2.05) is 0 Å². The van der Waals surface area contributed by atoms with Crippen molar-refractivity contribution in [1.29, 1.82) is 0 Å². The molecule has 20 heavy (non-hydrogen) atoms. The molecule has 118 valence electrons. The maximum absolute atomic E-state index is 11.6. The van der Waals surface area contributed by atoms with E-state index in [0.29, 0.717) is 26.0 Å². The van der Waals surface area contributed by atoms with Crippen molar-refractivity contribution in [3.8, 4) is 0 Å². The van der Waals surface area contributed by atoms with E-state index in [2.05, 4.69) is 31.4 Å². The summed E-state index contributed by atoms with van der Waals surface area (Å²) >= 11 is 0. The molecule has 0 spiro atoms. The monoisotopic (exact) mass is 286 g/mol. The number of hydrogen-bond acceptors (Lipinski definition) is 4. The lowest BCUT2D eigenvalue weighted by Crippen LogP contribution is -2.35. The summed E-state index contributed by atoms with van der Waals surface area (Å²) in [6.45, 7) is 9.00. The van der Waals surface area contributed by atoms with Crippen LogP contribution in [0.5, 0.6) is 0 Å². The molecular formula is C15H30N2O3. The molecule has 0 bridgehead atoms. The highest BCUT2D eigenvalue weighted by Gasteiger charge is 2.17. The molecule has 1 atom stereocenters. The maximum Gasteiger partial charge on any atom is 0.222 e. The van der Waals surface area contributed by atoms with Crippen LogP contribution in [0.1, 0.15) is 46.5 Å². The van der Waals surface area contributed by atoms with Crippen LogP contribution in [-0.4, -0.2) is 49.5 Å². The summed E-state index contributed by atoms with van der Waals surface area (Å²) in [5, 5.41) is 15.8. The van der Waals surface area contributed by atoms with Crippen molar-refractivity contribution < 1.29 is 14.6 Å². The minimum Gasteiger partial charge on any atom is -0.391 e. The highest BCUT2D eigenvalue weighted by Crippen LogP contribution is 2.20. The summed E-state index contributed by atoms with van der Waals surface area (Å²) in [6, 6.07) is 0. The highest BCUT2D eigenvalue weighted by atomic mass is 16.5. The van der Waals surface area contributed by atoms with Crippen LogP contribution in [0.25, 0.3) is 0 Å². The molecule has 0 radical (unpaired) electrons. The van der Waals surface area contributed by atoms with Crippen LogP contribution in [0.2, 0.25) is 0 Å². The molecule has 1 amide bonds. The second kappa shape index (κ2) is 8.60. The molecule has 1 aliphatic rings. The van der Waals surface area contributed by atoms with Gasteiger partial charge in [-0.05, 0) is 37.8 Å². The number of aliphatic hydroxyl groups is 1. The van der Waals surface area contributed by atoms with Crippen LogP contribution in [0.15, 0.2) is 0 Å². The maximum atomic E-state index is 11.6. The van der Waals surface area contributed by atoms with Gasteiger partial charge in [0, 0.05) is 13.0 Å². The summed E-state index contributed by atoms with van der Waals surface area (Å²) in [5.74, 6) is -0.0492. The van der Waals surface area contributed by atoms with Crippen molar-refractivity contribution in [1.82, 2.24) is 10.6 Å². The minimum absolute atomic E-state index is 0.0492. The average molecular weight is 286 g/mol. The van der Waals surface area contributed by atoms with E-state index in [-0.39, 0.29) is 17.4 Å². The molecule has 1 rings (SSSR count). The first-order chi connectivity index (χ1) is 9.37. The summed E-state index contributed by atoms with van der Waals surface area (Å²) in [4.78, 5) is 11.6. The fraction of sp³-hybridized carbons (Fsp3) is 0.933. The van der Waals surface area contributed by atoms with Gasteiger partial charge in [-0.25, -0.2) is 0 Å². The number of ether oxygens (including phenoxy) is 1. The largest absolute Gasteiger partial charge is 0.391 e. The molecule has 3 N–H and O–H groups in total. The first kappa shape index (κ1) is 17.4. The lowest BCUT2D eigenvalue weighted by molar-refractivity contribution is -0.123. The van der Waals surface area contributed by atoms with E-state index >= 15 is 0 Å². The second-order valence-electron chi connectivity index (χ2n) is 6.79. The Morgan fingerprint density at radius 1 is 1.40 bits per heavy atom. The van der Waals surface area contributed by atoms with Crippen molar-refractivity contribution in [3.05, 3.63) is 0 Å². The van der Waals surface area contributed by atoms with Gasteiger partial charge in [0.2, 0.25) is 5.91 Å². The molecule has 0 aromatic rings. The molecule has 1 heterocycles. The highest BCUT2D eigenvalue weighted by molar-refractivity contribution is 5.75. The van der Waals surface area contributed by atoms with Gasteiger partial charge in [0.15, 0.2) is 0 Å². The fourth-order valence-electron chi connectivity index (χ4n) is 2.38. The number of carbonyl (C=O) groups excluding carboxylic acids is 1. The van der Waals surface area contributed by atoms with Crippen molar-refractivity contribution in [2.45, 2.75) is 58.7 Å². The average Bonchev–Trinajstić information content (AvgIpc) is 2.36. The van der Waals surface area contributed by atoms with Gasteiger partial charge in [-0.3, -0.25) is 4.79 Å². The minimum atomic E-state index is -0.482. The third-order valence-electron chi connectivity index (χ3n) is 3.35. The van der Waals surface area contributed by atoms with E-state index in [1.54, 1.807) is 0 Å². The molecule has 0 saturated carbocycles. The van der Waals surface area contributed by atoms with Gasteiger partial charge >= 0.3 is 0 Å². The Morgan fingerprint density at radius 3 is 2.65 bits per heavy atom. The normalized spacial score (nSPS) is 18.8. The molecule has 1 aliphatic heterocycles. The molecule has 1 unspecified atom stereocenters. The first-order valence-corrected chi connectivity index (χ1v) is 7.64. The molecule has 0 aromatic heterocycles. The van der Waals surface area contributed by atoms with Crippen LogP contribution in [0.4, 0.5) is 0 Å². The Bertz CT molecular complexity index is 283. The number of nitrogens with one attached hydrogen (secondary N) is 2. The number of rotatable bonds is 7. The van der Waals surface area contributed by atoms with Gasteiger partial charge in [-0.1, -0.05) is 20.8 Å². The quantitative estimate of drug-likeness (QED) is 0.654. The van der Waals surface area contributed by atoms with E-state index in [1.165, 1.54) is 0 Å². The van der Waals surface area contributed by atoms with Crippen molar-refractivity contribution in [3.63, 3.8) is 0 Å². The van der Waals surface area contributed by atoms with Crippen molar-refractivity contribution in [2.24, 2.45) is 5.41 Å². The Balaban J connectivity index is 2.05. The van der Waals surface area contributed by atoms with E-state index in [9.17, 15) is 9.90 Å². The van der Waals surface area contributed by atoms with Crippen molar-refractivity contribution in [2.75, 3.05) is 26.2 Å². The zero-order chi connectivity index (χ0) is 15.0. The number of piperidine rings is 1. The van der Waals surface area contributed by atoms with Crippen molar-refractivity contribution >= 4 is 5.91 Å². The molecule has 5 nitrogen and oxygen atoms in total. The summed E-state index contributed by atoms with van der Waals surface area (Å²) in [7, 11) is 0. The number of amides is 1.